The number of benzene rings is 2. The van der Waals surface area contributed by atoms with Crippen molar-refractivity contribution in [2.24, 2.45) is 0 Å². The number of hydrogen-bond donors (Lipinski definition) is 1. The fraction of sp³-hybridized carbons (Fsp3) is 0.350. The smallest absolute Gasteiger partial charge is 0.318 e. The number of piperazine rings is 1. The molecule has 2 aromatic carbocycles. The zero-order chi connectivity index (χ0) is 17.6. The van der Waals surface area contributed by atoms with Crippen LogP contribution in [-0.4, -0.2) is 49.1 Å². The highest BCUT2D eigenvalue weighted by molar-refractivity contribution is 6.30. The van der Waals surface area contributed by atoms with Crippen LogP contribution in [0.5, 0.6) is 0 Å². The normalized spacial score (nSPS) is 18.2. The van der Waals surface area contributed by atoms with Gasteiger partial charge in [-0.15, -0.1) is 0 Å². The van der Waals surface area contributed by atoms with Gasteiger partial charge in [-0.25, -0.2) is 4.79 Å². The molecule has 2 aromatic rings. The van der Waals surface area contributed by atoms with Crippen LogP contribution >= 0.6 is 11.6 Å². The van der Waals surface area contributed by atoms with Crippen LogP contribution in [0.3, 0.4) is 0 Å². The lowest BCUT2D eigenvalue weighted by molar-refractivity contribution is 0.109. The van der Waals surface area contributed by atoms with E-state index in [-0.39, 0.29) is 12.1 Å². The first-order valence-corrected chi connectivity index (χ1v) is 9.03. The van der Waals surface area contributed by atoms with Crippen LogP contribution in [0.1, 0.15) is 17.2 Å². The summed E-state index contributed by atoms with van der Waals surface area (Å²) in [5.74, 6) is 0. The Morgan fingerprint density at radius 2 is 1.96 bits per heavy atom. The van der Waals surface area contributed by atoms with Crippen LogP contribution < -0.4 is 5.32 Å². The third kappa shape index (κ3) is 4.74. The van der Waals surface area contributed by atoms with Gasteiger partial charge in [-0.05, 0) is 36.7 Å². The molecule has 0 bridgehead atoms. The van der Waals surface area contributed by atoms with E-state index in [0.29, 0.717) is 6.54 Å². The molecule has 2 amide bonds. The molecule has 1 aliphatic rings. The van der Waals surface area contributed by atoms with Crippen LogP contribution in [-0.2, 0) is 6.42 Å². The molecule has 0 aliphatic carbocycles. The number of carbonyl (C=O) groups is 1. The molecule has 0 aromatic heterocycles. The Kier molecular flexibility index (Phi) is 5.95. The second-order valence-corrected chi connectivity index (χ2v) is 6.93. The summed E-state index contributed by atoms with van der Waals surface area (Å²) in [5, 5.41) is 3.79. The van der Waals surface area contributed by atoms with E-state index in [1.807, 2.05) is 47.4 Å². The maximum atomic E-state index is 12.7. The van der Waals surface area contributed by atoms with Crippen molar-refractivity contribution < 1.29 is 4.79 Å². The van der Waals surface area contributed by atoms with E-state index in [9.17, 15) is 4.79 Å². The van der Waals surface area contributed by atoms with Crippen molar-refractivity contribution in [3.8, 4) is 0 Å². The number of nitrogens with zero attached hydrogens (tertiary/aromatic N) is 2. The summed E-state index contributed by atoms with van der Waals surface area (Å²) in [5.41, 5.74) is 2.31. The molecular weight excluding hydrogens is 334 g/mol. The first kappa shape index (κ1) is 17.8. The molecule has 1 unspecified atom stereocenters. The maximum Gasteiger partial charge on any atom is 0.318 e. The van der Waals surface area contributed by atoms with E-state index < -0.39 is 0 Å². The van der Waals surface area contributed by atoms with E-state index in [2.05, 4.69) is 29.4 Å². The fourth-order valence-electron chi connectivity index (χ4n) is 3.23. The van der Waals surface area contributed by atoms with E-state index in [0.717, 1.165) is 36.6 Å². The Morgan fingerprint density at radius 3 is 2.72 bits per heavy atom. The topological polar surface area (TPSA) is 35.6 Å². The van der Waals surface area contributed by atoms with Crippen molar-refractivity contribution >= 4 is 17.6 Å². The molecule has 1 atom stereocenters. The molecule has 0 spiro atoms. The highest BCUT2D eigenvalue weighted by atomic mass is 35.5. The Bertz CT molecular complexity index is 707. The molecule has 4 nitrogen and oxygen atoms in total. The van der Waals surface area contributed by atoms with Gasteiger partial charge in [0, 0.05) is 31.2 Å². The molecule has 3 rings (SSSR count). The molecule has 0 saturated carbocycles. The average Bonchev–Trinajstić information content (AvgIpc) is 2.62. The average molecular weight is 358 g/mol. The second-order valence-electron chi connectivity index (χ2n) is 6.49. The van der Waals surface area contributed by atoms with Crippen molar-refractivity contribution in [3.05, 3.63) is 70.7 Å². The lowest BCUT2D eigenvalue weighted by Crippen LogP contribution is -2.52. The summed E-state index contributed by atoms with van der Waals surface area (Å²) in [6.45, 7) is 3.09. The van der Waals surface area contributed by atoms with Gasteiger partial charge in [-0.1, -0.05) is 54.1 Å². The van der Waals surface area contributed by atoms with Crippen molar-refractivity contribution in [2.45, 2.75) is 12.5 Å². The van der Waals surface area contributed by atoms with Gasteiger partial charge in [0.2, 0.25) is 0 Å². The predicted octanol–water partition coefficient (Wildman–Crippen LogP) is 3.58. The largest absolute Gasteiger partial charge is 0.338 e. The summed E-state index contributed by atoms with van der Waals surface area (Å²) in [6.07, 6.45) is 0.774. The van der Waals surface area contributed by atoms with Gasteiger partial charge in [-0.2, -0.15) is 0 Å². The Morgan fingerprint density at radius 1 is 1.16 bits per heavy atom. The van der Waals surface area contributed by atoms with Gasteiger partial charge in [0.1, 0.15) is 0 Å². The predicted molar refractivity (Wildman–Crippen MR) is 102 cm³/mol. The molecule has 1 heterocycles. The number of urea groups is 1. The summed E-state index contributed by atoms with van der Waals surface area (Å²) in [6, 6.07) is 18.1. The molecule has 132 valence electrons. The molecule has 5 heteroatoms. The lowest BCUT2D eigenvalue weighted by atomic mass is 10.0. The number of amides is 2. The highest BCUT2D eigenvalue weighted by Gasteiger charge is 2.29. The lowest BCUT2D eigenvalue weighted by Gasteiger charge is -2.40. The van der Waals surface area contributed by atoms with Gasteiger partial charge >= 0.3 is 6.03 Å². The second kappa shape index (κ2) is 8.37. The summed E-state index contributed by atoms with van der Waals surface area (Å²) < 4.78 is 0. The van der Waals surface area contributed by atoms with Crippen molar-refractivity contribution in [1.29, 1.82) is 0 Å². The van der Waals surface area contributed by atoms with Crippen LogP contribution in [0.15, 0.2) is 54.6 Å². The van der Waals surface area contributed by atoms with Crippen LogP contribution in [0.25, 0.3) is 0 Å². The highest BCUT2D eigenvalue weighted by Crippen LogP contribution is 2.24. The SMILES string of the molecule is CN1CCN(C(=O)NCCc2cccc(Cl)c2)C(c2ccccc2)C1. The molecular formula is C20H24ClN3O. The zero-order valence-electron chi connectivity index (χ0n) is 14.5. The minimum Gasteiger partial charge on any atom is -0.338 e. The first-order chi connectivity index (χ1) is 12.1. The van der Waals surface area contributed by atoms with E-state index in [1.165, 1.54) is 5.56 Å². The van der Waals surface area contributed by atoms with Crippen molar-refractivity contribution in [1.82, 2.24) is 15.1 Å². The quantitative estimate of drug-likeness (QED) is 0.907. The van der Waals surface area contributed by atoms with Gasteiger partial charge < -0.3 is 15.1 Å². The first-order valence-electron chi connectivity index (χ1n) is 8.66. The van der Waals surface area contributed by atoms with Crippen molar-refractivity contribution in [3.63, 3.8) is 0 Å². The third-order valence-electron chi connectivity index (χ3n) is 4.61. The Balaban J connectivity index is 1.61. The van der Waals surface area contributed by atoms with Crippen molar-refractivity contribution in [2.75, 3.05) is 33.2 Å². The zero-order valence-corrected chi connectivity index (χ0v) is 15.2. The number of rotatable bonds is 4. The fourth-order valence-corrected chi connectivity index (χ4v) is 3.44. The van der Waals surface area contributed by atoms with Crippen LogP contribution in [0.4, 0.5) is 4.79 Å². The van der Waals surface area contributed by atoms with E-state index >= 15 is 0 Å². The number of nitrogens with one attached hydrogen (secondary N) is 1. The van der Waals surface area contributed by atoms with E-state index in [1.54, 1.807) is 0 Å². The van der Waals surface area contributed by atoms with Gasteiger partial charge in [0.15, 0.2) is 0 Å². The molecule has 0 radical (unpaired) electrons. The van der Waals surface area contributed by atoms with Gasteiger partial charge in [-0.3, -0.25) is 0 Å². The number of hydrogen-bond acceptors (Lipinski definition) is 2. The molecule has 25 heavy (non-hydrogen) atoms. The summed E-state index contributed by atoms with van der Waals surface area (Å²) in [4.78, 5) is 16.9. The van der Waals surface area contributed by atoms with Crippen LogP contribution in [0.2, 0.25) is 5.02 Å². The standard InChI is InChI=1S/C20H24ClN3O/c1-23-12-13-24(19(15-23)17-7-3-2-4-8-17)20(25)22-11-10-16-6-5-9-18(21)14-16/h2-9,14,19H,10-13,15H2,1H3,(H,22,25). The third-order valence-corrected chi connectivity index (χ3v) is 4.84. The van der Waals surface area contributed by atoms with Gasteiger partial charge in [0.05, 0.1) is 6.04 Å². The Hall–Kier alpha value is -2.04. The molecule has 1 N–H and O–H groups in total. The molecule has 1 saturated heterocycles. The number of likely N-dealkylation sites (N-methyl/N-ethyl adjacent to an activating group) is 1. The van der Waals surface area contributed by atoms with E-state index in [4.69, 9.17) is 11.6 Å². The minimum atomic E-state index is 0.00369. The number of carbonyl (C=O) groups excluding carboxylic acids is 1. The molecule has 1 fully saturated rings. The maximum absolute atomic E-state index is 12.7. The Labute approximate surface area is 154 Å². The molecule has 1 aliphatic heterocycles. The number of halogens is 1. The van der Waals surface area contributed by atoms with Crippen LogP contribution in [0, 0.1) is 0 Å². The summed E-state index contributed by atoms with van der Waals surface area (Å²) >= 11 is 6.01. The minimum absolute atomic E-state index is 0.00369. The van der Waals surface area contributed by atoms with Gasteiger partial charge in [0.25, 0.3) is 0 Å². The monoisotopic (exact) mass is 357 g/mol. The summed E-state index contributed by atoms with van der Waals surface area (Å²) in [7, 11) is 2.10.